The smallest absolute Gasteiger partial charge is 1.00 e. The fraction of sp³-hybridized carbons (Fsp3) is 0.286. The Morgan fingerprint density at radius 2 is 2.10 bits per heavy atom. The van der Waals surface area contributed by atoms with Crippen LogP contribution in [0.3, 0.4) is 0 Å². The topological polar surface area (TPSA) is 68.7 Å². The van der Waals surface area contributed by atoms with Crippen molar-refractivity contribution >= 4 is 16.7 Å². The van der Waals surface area contributed by atoms with Gasteiger partial charge in [0.2, 0.25) is 0 Å². The maximum atomic E-state index is 10.9. The number of aliphatic carboxylic acids is 1. The zero-order valence-corrected chi connectivity index (χ0v) is 11.8. The molecule has 1 aromatic carbocycles. The number of carbonyl (C=O) groups is 1. The molecule has 0 aliphatic rings. The van der Waals surface area contributed by atoms with E-state index in [9.17, 15) is 4.79 Å². The molecule has 0 unspecified atom stereocenters. The molecular formula is C14H16LiNO4. The van der Waals surface area contributed by atoms with E-state index in [-0.39, 0.29) is 26.7 Å². The molecule has 0 aliphatic heterocycles. The minimum atomic E-state index is -0.887. The van der Waals surface area contributed by atoms with E-state index in [2.05, 4.69) is 4.98 Å². The van der Waals surface area contributed by atoms with Gasteiger partial charge in [-0.2, -0.15) is 0 Å². The maximum Gasteiger partial charge on any atom is 1.00 e. The Morgan fingerprint density at radius 3 is 2.70 bits per heavy atom. The van der Waals surface area contributed by atoms with Crippen LogP contribution in [-0.4, -0.2) is 29.8 Å². The minimum Gasteiger partial charge on any atom is -1.00 e. The summed E-state index contributed by atoms with van der Waals surface area (Å²) in [4.78, 5) is 14.9. The van der Waals surface area contributed by atoms with Crippen LogP contribution in [0.15, 0.2) is 24.5 Å². The standard InChI is InChI=1S/C14H15NO4.Li.H/c1-3-19-13-4-9-7-15-8-10(5-14(16)17)11(9)6-12(13)18-2;;/h4,6-8H,3,5H2,1-2H3,(H,16,17);;/q;+1;-1. The summed E-state index contributed by atoms with van der Waals surface area (Å²) in [6, 6.07) is 3.61. The van der Waals surface area contributed by atoms with Crippen LogP contribution >= 0.6 is 0 Å². The zero-order valence-electron chi connectivity index (χ0n) is 12.8. The molecule has 20 heavy (non-hydrogen) atoms. The van der Waals surface area contributed by atoms with Crippen LogP contribution in [0.25, 0.3) is 10.8 Å². The Balaban J connectivity index is 0.00000200. The number of hydrogen-bond acceptors (Lipinski definition) is 4. The van der Waals surface area contributed by atoms with E-state index < -0.39 is 5.97 Å². The Kier molecular flexibility index (Phi) is 5.87. The van der Waals surface area contributed by atoms with E-state index in [1.54, 1.807) is 25.6 Å². The second-order valence-corrected chi connectivity index (χ2v) is 4.03. The summed E-state index contributed by atoms with van der Waals surface area (Å²) in [7, 11) is 1.56. The Labute approximate surface area is 130 Å². The first kappa shape index (κ1) is 16.4. The molecule has 0 saturated carbocycles. The van der Waals surface area contributed by atoms with Crippen molar-refractivity contribution in [2.75, 3.05) is 13.7 Å². The molecule has 0 spiro atoms. The van der Waals surface area contributed by atoms with Gasteiger partial charge in [-0.3, -0.25) is 9.78 Å². The number of carboxylic acids is 1. The molecule has 102 valence electrons. The second-order valence-electron chi connectivity index (χ2n) is 4.03. The SMILES string of the molecule is CCOc1cc2cncc(CC(=O)O)c2cc1OC.[H-].[Li+]. The number of pyridine rings is 1. The van der Waals surface area contributed by atoms with Crippen LogP contribution in [0.2, 0.25) is 0 Å². The van der Waals surface area contributed by atoms with Gasteiger partial charge in [-0.1, -0.05) is 0 Å². The number of ether oxygens (including phenoxy) is 2. The van der Waals surface area contributed by atoms with Gasteiger partial charge in [-0.25, -0.2) is 0 Å². The van der Waals surface area contributed by atoms with Crippen molar-refractivity contribution in [3.05, 3.63) is 30.1 Å². The van der Waals surface area contributed by atoms with Crippen molar-refractivity contribution in [1.82, 2.24) is 4.98 Å². The average Bonchev–Trinajstić information content (AvgIpc) is 2.38. The Morgan fingerprint density at radius 1 is 1.35 bits per heavy atom. The number of nitrogens with zero attached hydrogens (tertiary/aromatic N) is 1. The van der Waals surface area contributed by atoms with E-state index in [0.717, 1.165) is 10.8 Å². The molecule has 5 nitrogen and oxygen atoms in total. The molecule has 0 fully saturated rings. The molecule has 1 N–H and O–H groups in total. The van der Waals surface area contributed by atoms with Crippen LogP contribution in [0.1, 0.15) is 13.9 Å². The quantitative estimate of drug-likeness (QED) is 0.733. The van der Waals surface area contributed by atoms with E-state index >= 15 is 0 Å². The van der Waals surface area contributed by atoms with Crippen LogP contribution in [0, 0.1) is 0 Å². The fourth-order valence-electron chi connectivity index (χ4n) is 1.97. The van der Waals surface area contributed by atoms with E-state index in [1.165, 1.54) is 0 Å². The molecule has 1 heterocycles. The Hall–Kier alpha value is -1.70. The Bertz CT molecular complexity index is 621. The maximum absolute atomic E-state index is 10.9. The van der Waals surface area contributed by atoms with Crippen molar-refractivity contribution in [1.29, 1.82) is 0 Å². The third-order valence-electron chi connectivity index (χ3n) is 2.77. The number of aromatic nitrogens is 1. The van der Waals surface area contributed by atoms with Crippen LogP contribution in [0.5, 0.6) is 11.5 Å². The van der Waals surface area contributed by atoms with Crippen LogP contribution < -0.4 is 28.3 Å². The van der Waals surface area contributed by atoms with Crippen LogP contribution in [0.4, 0.5) is 0 Å². The summed E-state index contributed by atoms with van der Waals surface area (Å²) in [5.74, 6) is 0.334. The third kappa shape index (κ3) is 3.44. The predicted octanol–water partition coefficient (Wildman–Crippen LogP) is -0.614. The first-order valence-corrected chi connectivity index (χ1v) is 5.95. The molecular weight excluding hydrogens is 253 g/mol. The van der Waals surface area contributed by atoms with Gasteiger partial charge in [-0.05, 0) is 30.0 Å². The van der Waals surface area contributed by atoms with Gasteiger partial charge < -0.3 is 16.0 Å². The largest absolute Gasteiger partial charge is 1.00 e. The zero-order chi connectivity index (χ0) is 13.8. The molecule has 1 aromatic heterocycles. The molecule has 2 rings (SSSR count). The minimum absolute atomic E-state index is 0. The monoisotopic (exact) mass is 269 g/mol. The number of fused-ring (bicyclic) bond motifs is 1. The van der Waals surface area contributed by atoms with Crippen LogP contribution in [-0.2, 0) is 11.2 Å². The number of rotatable bonds is 5. The van der Waals surface area contributed by atoms with Gasteiger partial charge in [0.05, 0.1) is 20.1 Å². The fourth-order valence-corrected chi connectivity index (χ4v) is 1.97. The van der Waals surface area contributed by atoms with Gasteiger partial charge in [0.25, 0.3) is 0 Å². The number of carboxylic acid groups (broad SMARTS) is 1. The summed E-state index contributed by atoms with van der Waals surface area (Å²) < 4.78 is 10.8. The number of benzene rings is 1. The van der Waals surface area contributed by atoms with Gasteiger partial charge in [-0.15, -0.1) is 0 Å². The van der Waals surface area contributed by atoms with E-state index in [0.29, 0.717) is 23.7 Å². The molecule has 0 saturated heterocycles. The molecule has 2 aromatic rings. The van der Waals surface area contributed by atoms with Crippen molar-refractivity contribution in [3.63, 3.8) is 0 Å². The summed E-state index contributed by atoms with van der Waals surface area (Å²) in [6.45, 7) is 2.42. The summed E-state index contributed by atoms with van der Waals surface area (Å²) in [6.07, 6.45) is 3.18. The normalized spacial score (nSPS) is 9.90. The van der Waals surface area contributed by atoms with Gasteiger partial charge in [0.15, 0.2) is 11.5 Å². The molecule has 0 atom stereocenters. The molecule has 0 radical (unpaired) electrons. The number of hydrogen-bond donors (Lipinski definition) is 1. The molecule has 0 aliphatic carbocycles. The summed E-state index contributed by atoms with van der Waals surface area (Å²) in [5, 5.41) is 10.6. The van der Waals surface area contributed by atoms with E-state index in [4.69, 9.17) is 14.6 Å². The number of methoxy groups -OCH3 is 1. The average molecular weight is 269 g/mol. The first-order valence-electron chi connectivity index (χ1n) is 5.95. The van der Waals surface area contributed by atoms with E-state index in [1.807, 2.05) is 13.0 Å². The van der Waals surface area contributed by atoms with Crippen molar-refractivity contribution in [2.24, 2.45) is 0 Å². The molecule has 0 bridgehead atoms. The molecule has 0 amide bonds. The van der Waals surface area contributed by atoms with Gasteiger partial charge in [0.1, 0.15) is 0 Å². The summed E-state index contributed by atoms with van der Waals surface area (Å²) >= 11 is 0. The predicted molar refractivity (Wildman–Crippen MR) is 71.9 cm³/mol. The van der Waals surface area contributed by atoms with Gasteiger partial charge in [0, 0.05) is 17.8 Å². The van der Waals surface area contributed by atoms with Crippen molar-refractivity contribution < 1.29 is 39.7 Å². The summed E-state index contributed by atoms with van der Waals surface area (Å²) in [5.41, 5.74) is 0.659. The first-order chi connectivity index (χ1) is 9.15. The molecule has 6 heteroatoms. The van der Waals surface area contributed by atoms with Gasteiger partial charge >= 0.3 is 24.8 Å². The van der Waals surface area contributed by atoms with Crippen molar-refractivity contribution in [2.45, 2.75) is 13.3 Å². The van der Waals surface area contributed by atoms with Crippen molar-refractivity contribution in [3.8, 4) is 11.5 Å². The third-order valence-corrected chi connectivity index (χ3v) is 2.77. The second kappa shape index (κ2) is 7.18.